The molecule has 0 atom stereocenters. The number of nitrogens with zero attached hydrogens (tertiary/aromatic N) is 2. The second kappa shape index (κ2) is 4.94. The van der Waals surface area contributed by atoms with E-state index in [2.05, 4.69) is 0 Å². The fourth-order valence-corrected chi connectivity index (χ4v) is 1.30. The van der Waals surface area contributed by atoms with E-state index >= 15 is 0 Å². The lowest BCUT2D eigenvalue weighted by Gasteiger charge is -2.03. The predicted molar refractivity (Wildman–Crippen MR) is 61.5 cm³/mol. The fraction of sp³-hybridized carbons (Fsp3) is 0.182. The molecule has 0 heterocycles. The summed E-state index contributed by atoms with van der Waals surface area (Å²) in [7, 11) is 0. The number of allylic oxidation sites excluding steroid dienone is 1. The van der Waals surface area contributed by atoms with Gasteiger partial charge in [0.25, 0.3) is 5.69 Å². The Balaban J connectivity index is 3.15. The van der Waals surface area contributed by atoms with E-state index in [9.17, 15) is 10.1 Å². The fourth-order valence-electron chi connectivity index (χ4n) is 1.30. The van der Waals surface area contributed by atoms with Gasteiger partial charge in [-0.1, -0.05) is 12.2 Å². The first-order chi connectivity index (χ1) is 7.56. The van der Waals surface area contributed by atoms with Crippen LogP contribution >= 0.6 is 0 Å². The lowest BCUT2D eigenvalue weighted by atomic mass is 10.1. The molecule has 0 fully saturated rings. The van der Waals surface area contributed by atoms with Crippen molar-refractivity contribution in [1.29, 1.82) is 5.26 Å². The summed E-state index contributed by atoms with van der Waals surface area (Å²) in [6.07, 6.45) is 3.59. The number of rotatable bonds is 3. The molecule has 2 N–H and O–H groups in total. The normalized spacial score (nSPS) is 10.2. The van der Waals surface area contributed by atoms with Crippen molar-refractivity contribution in [2.75, 3.05) is 5.73 Å². The van der Waals surface area contributed by atoms with Gasteiger partial charge in [-0.3, -0.25) is 10.1 Å². The Morgan fingerprint density at radius 1 is 1.62 bits per heavy atom. The van der Waals surface area contributed by atoms with Crippen LogP contribution in [0.4, 0.5) is 11.4 Å². The Kier molecular flexibility index (Phi) is 3.62. The monoisotopic (exact) mass is 217 g/mol. The van der Waals surface area contributed by atoms with Gasteiger partial charge >= 0.3 is 0 Å². The molecule has 5 heteroatoms. The highest BCUT2D eigenvalue weighted by Crippen LogP contribution is 2.27. The van der Waals surface area contributed by atoms with E-state index in [-0.39, 0.29) is 17.8 Å². The second-order valence-corrected chi connectivity index (χ2v) is 3.29. The predicted octanol–water partition coefficient (Wildman–Crippen LogP) is 2.41. The van der Waals surface area contributed by atoms with Crippen LogP contribution in [0.25, 0.3) is 6.08 Å². The van der Waals surface area contributed by atoms with Crippen molar-refractivity contribution in [3.8, 4) is 6.07 Å². The van der Waals surface area contributed by atoms with E-state index in [1.807, 2.05) is 6.07 Å². The van der Waals surface area contributed by atoms with Gasteiger partial charge in [-0.15, -0.1) is 0 Å². The lowest BCUT2D eigenvalue weighted by Crippen LogP contribution is -1.98. The first-order valence-corrected chi connectivity index (χ1v) is 4.64. The van der Waals surface area contributed by atoms with E-state index in [1.165, 1.54) is 6.07 Å². The van der Waals surface area contributed by atoms with Gasteiger partial charge in [-0.2, -0.15) is 5.26 Å². The largest absolute Gasteiger partial charge is 0.393 e. The number of nitro benzene ring substituents is 1. The van der Waals surface area contributed by atoms with Crippen molar-refractivity contribution in [2.45, 2.75) is 13.3 Å². The van der Waals surface area contributed by atoms with E-state index in [4.69, 9.17) is 11.0 Å². The van der Waals surface area contributed by atoms with Crippen molar-refractivity contribution in [2.24, 2.45) is 0 Å². The topological polar surface area (TPSA) is 92.9 Å². The van der Waals surface area contributed by atoms with Crippen LogP contribution in [0, 0.1) is 28.4 Å². The Morgan fingerprint density at radius 2 is 2.31 bits per heavy atom. The molecular weight excluding hydrogens is 206 g/mol. The van der Waals surface area contributed by atoms with Gasteiger partial charge < -0.3 is 5.73 Å². The summed E-state index contributed by atoms with van der Waals surface area (Å²) in [6, 6.07) is 5.10. The molecule has 0 aliphatic heterocycles. The minimum absolute atomic E-state index is 0.100. The summed E-state index contributed by atoms with van der Waals surface area (Å²) in [4.78, 5) is 10.2. The van der Waals surface area contributed by atoms with Gasteiger partial charge in [0.05, 0.1) is 17.4 Å². The Morgan fingerprint density at radius 3 is 2.88 bits per heavy atom. The summed E-state index contributed by atoms with van der Waals surface area (Å²) in [5.41, 5.74) is 7.00. The van der Waals surface area contributed by atoms with Crippen LogP contribution in [-0.2, 0) is 0 Å². The molecule has 0 unspecified atom stereocenters. The van der Waals surface area contributed by atoms with Crippen LogP contribution in [0.2, 0.25) is 0 Å². The second-order valence-electron chi connectivity index (χ2n) is 3.29. The number of nitro groups is 1. The molecule has 1 aromatic carbocycles. The van der Waals surface area contributed by atoms with E-state index < -0.39 is 4.92 Å². The quantitative estimate of drug-likeness (QED) is 0.478. The Bertz CT molecular complexity index is 487. The average Bonchev–Trinajstić information content (AvgIpc) is 2.23. The molecular formula is C11H11N3O2. The van der Waals surface area contributed by atoms with Crippen LogP contribution in [-0.4, -0.2) is 4.92 Å². The van der Waals surface area contributed by atoms with E-state index in [1.54, 1.807) is 25.1 Å². The van der Waals surface area contributed by atoms with Gasteiger partial charge in [0.2, 0.25) is 0 Å². The zero-order valence-electron chi connectivity index (χ0n) is 8.80. The van der Waals surface area contributed by atoms with Crippen LogP contribution in [0.15, 0.2) is 18.2 Å². The van der Waals surface area contributed by atoms with E-state index in [0.717, 1.165) is 0 Å². The summed E-state index contributed by atoms with van der Waals surface area (Å²) >= 11 is 0. The standard InChI is InChI=1S/C11H11N3O2/c1-8-6-9(4-2-3-5-12)7-10(11(8)13)14(15)16/h2,4,6-7H,3,13H2,1H3. The van der Waals surface area contributed by atoms with Crippen molar-refractivity contribution in [3.05, 3.63) is 39.4 Å². The first kappa shape index (κ1) is 11.7. The van der Waals surface area contributed by atoms with Gasteiger partial charge in [-0.25, -0.2) is 0 Å². The molecule has 0 spiro atoms. The highest BCUT2D eigenvalue weighted by atomic mass is 16.6. The van der Waals surface area contributed by atoms with Crippen LogP contribution in [0.5, 0.6) is 0 Å². The zero-order valence-corrected chi connectivity index (χ0v) is 8.80. The molecule has 0 saturated heterocycles. The molecule has 16 heavy (non-hydrogen) atoms. The first-order valence-electron chi connectivity index (χ1n) is 4.64. The smallest absolute Gasteiger partial charge is 0.292 e. The number of anilines is 1. The maximum Gasteiger partial charge on any atom is 0.292 e. The third-order valence-corrected chi connectivity index (χ3v) is 2.10. The SMILES string of the molecule is Cc1cc(C=CCC#N)cc([N+](=O)[O-])c1N. The summed E-state index contributed by atoms with van der Waals surface area (Å²) < 4.78 is 0. The molecule has 1 aromatic rings. The number of nitrogen functional groups attached to an aromatic ring is 1. The Labute approximate surface area is 93.0 Å². The Hall–Kier alpha value is -2.35. The zero-order chi connectivity index (χ0) is 12.1. The van der Waals surface area contributed by atoms with Crippen molar-refractivity contribution in [1.82, 2.24) is 0 Å². The van der Waals surface area contributed by atoms with Crippen LogP contribution < -0.4 is 5.73 Å². The number of hydrogen-bond donors (Lipinski definition) is 1. The average molecular weight is 217 g/mol. The molecule has 0 radical (unpaired) electrons. The molecule has 0 amide bonds. The minimum Gasteiger partial charge on any atom is -0.393 e. The van der Waals surface area contributed by atoms with Crippen molar-refractivity contribution >= 4 is 17.5 Å². The highest BCUT2D eigenvalue weighted by molar-refractivity contribution is 5.68. The summed E-state index contributed by atoms with van der Waals surface area (Å²) in [5, 5.41) is 19.1. The third kappa shape index (κ3) is 2.58. The number of benzene rings is 1. The minimum atomic E-state index is -0.510. The van der Waals surface area contributed by atoms with Gasteiger partial charge in [0.15, 0.2) is 0 Å². The van der Waals surface area contributed by atoms with Gasteiger partial charge in [0.1, 0.15) is 5.69 Å². The molecule has 0 aliphatic carbocycles. The molecule has 0 saturated carbocycles. The lowest BCUT2D eigenvalue weighted by molar-refractivity contribution is -0.383. The number of nitrogens with two attached hydrogens (primary N) is 1. The maximum atomic E-state index is 10.7. The number of hydrogen-bond acceptors (Lipinski definition) is 4. The molecule has 82 valence electrons. The molecule has 5 nitrogen and oxygen atoms in total. The van der Waals surface area contributed by atoms with Gasteiger partial charge in [0, 0.05) is 6.07 Å². The number of nitriles is 1. The molecule has 1 rings (SSSR count). The van der Waals surface area contributed by atoms with Crippen molar-refractivity contribution < 1.29 is 4.92 Å². The summed E-state index contributed by atoms with van der Waals surface area (Å²) in [5.74, 6) is 0. The van der Waals surface area contributed by atoms with Crippen molar-refractivity contribution in [3.63, 3.8) is 0 Å². The molecule has 0 aromatic heterocycles. The van der Waals surface area contributed by atoms with Crippen LogP contribution in [0.3, 0.4) is 0 Å². The number of aryl methyl sites for hydroxylation is 1. The molecule has 0 bridgehead atoms. The highest BCUT2D eigenvalue weighted by Gasteiger charge is 2.13. The third-order valence-electron chi connectivity index (χ3n) is 2.10. The molecule has 0 aliphatic rings. The van der Waals surface area contributed by atoms with Crippen LogP contribution in [0.1, 0.15) is 17.5 Å². The maximum absolute atomic E-state index is 10.7. The van der Waals surface area contributed by atoms with Gasteiger partial charge in [-0.05, 0) is 24.1 Å². The van der Waals surface area contributed by atoms with E-state index in [0.29, 0.717) is 11.1 Å². The summed E-state index contributed by atoms with van der Waals surface area (Å²) in [6.45, 7) is 1.71.